The molecule has 12 nitrogen and oxygen atoms in total. The monoisotopic (exact) mass is 578 g/mol. The number of amides is 1. The highest BCUT2D eigenvalue weighted by atomic mass is 32.2. The topological polar surface area (TPSA) is 157 Å². The molecular weight excluding hydrogens is 544 g/mol. The Morgan fingerprint density at radius 1 is 1.10 bits per heavy atom. The molecule has 1 unspecified atom stereocenters. The fourth-order valence-corrected chi connectivity index (χ4v) is 6.69. The van der Waals surface area contributed by atoms with Crippen LogP contribution in [0.15, 0.2) is 43.1 Å². The summed E-state index contributed by atoms with van der Waals surface area (Å²) >= 11 is 0. The number of carbonyl (C=O) groups excluding carboxylic acids is 1. The lowest BCUT2D eigenvalue weighted by Gasteiger charge is -2.26. The number of hydrogen-bond acceptors (Lipinski definition) is 9. The predicted octanol–water partition coefficient (Wildman–Crippen LogP) is 3.78. The zero-order chi connectivity index (χ0) is 28.7. The highest BCUT2D eigenvalue weighted by molar-refractivity contribution is 7.90. The number of nitrogens with one attached hydrogen (secondary N) is 2. The minimum Gasteiger partial charge on any atom is -0.393 e. The second-order valence-electron chi connectivity index (χ2n) is 11.0. The first-order valence-corrected chi connectivity index (χ1v) is 15.6. The highest BCUT2D eigenvalue weighted by Gasteiger charge is 2.37. The zero-order valence-electron chi connectivity index (χ0n) is 23.1. The summed E-state index contributed by atoms with van der Waals surface area (Å²) in [4.78, 5) is 26.7. The van der Waals surface area contributed by atoms with Crippen molar-refractivity contribution in [2.45, 2.75) is 82.2 Å². The maximum absolute atomic E-state index is 13.3. The van der Waals surface area contributed by atoms with Crippen LogP contribution in [-0.2, 0) is 10.0 Å². The van der Waals surface area contributed by atoms with E-state index in [1.54, 1.807) is 18.5 Å². The summed E-state index contributed by atoms with van der Waals surface area (Å²) in [6, 6.07) is 3.81. The van der Waals surface area contributed by atoms with Crippen molar-refractivity contribution in [2.24, 2.45) is 0 Å². The molecule has 0 aliphatic heterocycles. The molecule has 2 aliphatic carbocycles. The van der Waals surface area contributed by atoms with Crippen LogP contribution in [0, 0.1) is 0 Å². The molecule has 0 saturated heterocycles. The number of aromatic nitrogens is 6. The number of aliphatic hydroxyl groups is 1. The van der Waals surface area contributed by atoms with Crippen molar-refractivity contribution in [3.8, 4) is 11.4 Å². The van der Waals surface area contributed by atoms with Crippen molar-refractivity contribution in [3.63, 3.8) is 0 Å². The van der Waals surface area contributed by atoms with Crippen LogP contribution in [-0.4, -0.2) is 65.5 Å². The quantitative estimate of drug-likeness (QED) is 0.269. The Bertz CT molecular complexity index is 1690. The van der Waals surface area contributed by atoms with Gasteiger partial charge < -0.3 is 20.3 Å². The van der Waals surface area contributed by atoms with Gasteiger partial charge in [0.15, 0.2) is 5.82 Å². The van der Waals surface area contributed by atoms with Crippen LogP contribution in [0.1, 0.15) is 75.2 Å². The lowest BCUT2D eigenvalue weighted by atomic mass is 9.93. The van der Waals surface area contributed by atoms with Gasteiger partial charge in [-0.25, -0.2) is 23.4 Å². The summed E-state index contributed by atoms with van der Waals surface area (Å²) in [6.45, 7) is 4.21. The van der Waals surface area contributed by atoms with E-state index in [9.17, 15) is 18.3 Å². The summed E-state index contributed by atoms with van der Waals surface area (Å²) in [5.41, 5.74) is 1.95. The number of carbonyl (C=O) groups is 1. The fraction of sp³-hybridized carbons (Fsp3) is 0.464. The van der Waals surface area contributed by atoms with E-state index in [1.807, 2.05) is 12.3 Å². The van der Waals surface area contributed by atoms with Crippen LogP contribution in [0.3, 0.4) is 0 Å². The number of hydrogen-bond donors (Lipinski definition) is 3. The second-order valence-corrected chi connectivity index (χ2v) is 13.1. The van der Waals surface area contributed by atoms with Gasteiger partial charge in [-0.05, 0) is 57.9 Å². The Morgan fingerprint density at radius 3 is 2.61 bits per heavy atom. The fourth-order valence-electron chi connectivity index (χ4n) is 5.21. The summed E-state index contributed by atoms with van der Waals surface area (Å²) in [7, 11) is -3.48. The van der Waals surface area contributed by atoms with Crippen molar-refractivity contribution >= 4 is 38.5 Å². The molecule has 4 aromatic rings. The van der Waals surface area contributed by atoms with Gasteiger partial charge in [0.1, 0.15) is 11.6 Å². The minimum absolute atomic E-state index is 0.0506. The molecule has 0 spiro atoms. The van der Waals surface area contributed by atoms with E-state index in [-0.39, 0.29) is 29.3 Å². The molecule has 2 aliphatic rings. The summed E-state index contributed by atoms with van der Waals surface area (Å²) < 4.78 is 28.1. The smallest absolute Gasteiger partial charge is 0.256 e. The first-order chi connectivity index (χ1) is 19.7. The Kier molecular flexibility index (Phi) is 7.24. The third kappa shape index (κ3) is 5.55. The van der Waals surface area contributed by atoms with E-state index in [2.05, 4.69) is 49.1 Å². The van der Waals surface area contributed by atoms with Gasteiger partial charge in [-0.3, -0.25) is 4.79 Å². The van der Waals surface area contributed by atoms with Gasteiger partial charge in [-0.1, -0.05) is 6.92 Å². The van der Waals surface area contributed by atoms with Crippen LogP contribution < -0.4 is 10.6 Å². The van der Waals surface area contributed by atoms with Crippen molar-refractivity contribution in [1.82, 2.24) is 34.0 Å². The Balaban J connectivity index is 1.25. The summed E-state index contributed by atoms with van der Waals surface area (Å²) in [5.74, 6) is 1.24. The maximum atomic E-state index is 13.3. The van der Waals surface area contributed by atoms with E-state index in [0.717, 1.165) is 34.3 Å². The van der Waals surface area contributed by atoms with Crippen molar-refractivity contribution < 1.29 is 18.3 Å². The normalized spacial score (nSPS) is 20.2. The largest absolute Gasteiger partial charge is 0.393 e. The van der Waals surface area contributed by atoms with Crippen LogP contribution in [0.4, 0.5) is 11.6 Å². The third-order valence-corrected chi connectivity index (χ3v) is 10.0. The lowest BCUT2D eigenvalue weighted by Crippen LogP contribution is -2.38. The third-order valence-electron chi connectivity index (χ3n) is 8.00. The number of fused-ring (bicyclic) bond motifs is 1. The lowest BCUT2D eigenvalue weighted by molar-refractivity contribution is 0.0869. The predicted molar refractivity (Wildman–Crippen MR) is 154 cm³/mol. The van der Waals surface area contributed by atoms with Gasteiger partial charge in [0.25, 0.3) is 15.9 Å². The minimum atomic E-state index is -3.48. The van der Waals surface area contributed by atoms with Gasteiger partial charge in [0.05, 0.1) is 40.4 Å². The summed E-state index contributed by atoms with van der Waals surface area (Å²) in [6.07, 6.45) is 12.9. The van der Waals surface area contributed by atoms with Crippen LogP contribution >= 0.6 is 0 Å². The van der Waals surface area contributed by atoms with E-state index in [0.29, 0.717) is 54.3 Å². The average molecular weight is 579 g/mol. The zero-order valence-corrected chi connectivity index (χ0v) is 23.9. The molecule has 0 bridgehead atoms. The van der Waals surface area contributed by atoms with E-state index in [1.165, 1.54) is 12.4 Å². The van der Waals surface area contributed by atoms with Gasteiger partial charge in [0.2, 0.25) is 0 Å². The number of aliphatic hydroxyl groups excluding tert-OH is 1. The molecular formula is C28H34N8O4S. The molecule has 1 amide bonds. The number of pyridine rings is 1. The Labute approximate surface area is 238 Å². The first kappa shape index (κ1) is 27.3. The molecule has 41 heavy (non-hydrogen) atoms. The maximum Gasteiger partial charge on any atom is 0.256 e. The Hall–Kier alpha value is -3.84. The second kappa shape index (κ2) is 10.9. The molecule has 6 rings (SSSR count). The number of nitrogens with zero attached hydrogens (tertiary/aromatic N) is 6. The molecule has 2 fully saturated rings. The van der Waals surface area contributed by atoms with Gasteiger partial charge in [-0.15, -0.1) is 0 Å². The average Bonchev–Trinajstić information content (AvgIpc) is 3.60. The number of anilines is 2. The molecule has 0 radical (unpaired) electrons. The van der Waals surface area contributed by atoms with E-state index < -0.39 is 10.0 Å². The SMILES string of the molecule is CCC(C)n1cc(C(=O)NC2CCC(O)CC2)c2cnc(Nc3ccnc(-c4cnn(S(=O)(=O)C5CC5)c4)n3)cc21. The summed E-state index contributed by atoms with van der Waals surface area (Å²) in [5, 5.41) is 20.6. The number of rotatable bonds is 9. The molecule has 4 aromatic heterocycles. The standard InChI is InChI=1S/C28H34N8O4S/c1-3-17(2)35-16-23(28(38)32-19-4-6-20(37)7-5-19)22-14-30-26(12-24(22)35)33-25-10-11-29-27(34-25)18-13-31-36(15-18)41(39,40)21-8-9-21/h10-17,19-21,37H,3-9H2,1-2H3,(H,32,38)(H,29,30,33,34). The van der Waals surface area contributed by atoms with Gasteiger partial charge in [-0.2, -0.15) is 9.19 Å². The first-order valence-electron chi connectivity index (χ1n) is 14.1. The van der Waals surface area contributed by atoms with Crippen molar-refractivity contribution in [1.29, 1.82) is 0 Å². The molecule has 4 heterocycles. The molecule has 3 N–H and O–H groups in total. The van der Waals surface area contributed by atoms with E-state index in [4.69, 9.17) is 0 Å². The van der Waals surface area contributed by atoms with Crippen LogP contribution in [0.25, 0.3) is 22.3 Å². The molecule has 13 heteroatoms. The Morgan fingerprint density at radius 2 is 1.88 bits per heavy atom. The highest BCUT2D eigenvalue weighted by Crippen LogP contribution is 2.31. The molecule has 1 atom stereocenters. The molecule has 0 aromatic carbocycles. The van der Waals surface area contributed by atoms with Gasteiger partial charge in [0, 0.05) is 42.1 Å². The van der Waals surface area contributed by atoms with Gasteiger partial charge >= 0.3 is 0 Å². The van der Waals surface area contributed by atoms with Crippen molar-refractivity contribution in [3.05, 3.63) is 48.7 Å². The van der Waals surface area contributed by atoms with Crippen LogP contribution in [0.5, 0.6) is 0 Å². The molecule has 2 saturated carbocycles. The van der Waals surface area contributed by atoms with Crippen LogP contribution in [0.2, 0.25) is 0 Å². The molecule has 216 valence electrons. The van der Waals surface area contributed by atoms with E-state index >= 15 is 0 Å². The van der Waals surface area contributed by atoms with Crippen molar-refractivity contribution in [2.75, 3.05) is 5.32 Å².